The summed E-state index contributed by atoms with van der Waals surface area (Å²) >= 11 is 0. The Morgan fingerprint density at radius 1 is 1.44 bits per heavy atom. The molecule has 1 aromatic heterocycles. The number of nitrogens with one attached hydrogen (secondary N) is 1. The van der Waals surface area contributed by atoms with Gasteiger partial charge in [-0.1, -0.05) is 6.07 Å². The molecule has 1 rings (SSSR count). The summed E-state index contributed by atoms with van der Waals surface area (Å²) in [5.74, 6) is 0.665. The number of hydrogen-bond acceptors (Lipinski definition) is 3. The highest BCUT2D eigenvalue weighted by molar-refractivity contribution is 5.42. The fourth-order valence-corrected chi connectivity index (χ4v) is 1.10. The molecule has 1 aromatic rings. The van der Waals surface area contributed by atoms with Crippen LogP contribution in [0.25, 0.3) is 0 Å². The monoisotopic (exact) mass is 234 g/mol. The molecule has 0 spiro atoms. The predicted molar refractivity (Wildman–Crippen MR) is 54.3 cm³/mol. The molecule has 0 saturated heterocycles. The van der Waals surface area contributed by atoms with Crippen molar-refractivity contribution < 1.29 is 17.9 Å². The average molecular weight is 234 g/mol. The molecule has 0 aliphatic carbocycles. The molecule has 0 aliphatic rings. The van der Waals surface area contributed by atoms with Gasteiger partial charge < -0.3 is 10.1 Å². The van der Waals surface area contributed by atoms with Crippen LogP contribution in [0, 0.1) is 6.92 Å². The Balaban J connectivity index is 2.19. The van der Waals surface area contributed by atoms with Gasteiger partial charge in [0, 0.05) is 12.7 Å². The molecule has 16 heavy (non-hydrogen) atoms. The third-order valence-corrected chi connectivity index (χ3v) is 1.81. The van der Waals surface area contributed by atoms with Crippen molar-refractivity contribution in [3.8, 4) is 0 Å². The molecule has 0 amide bonds. The quantitative estimate of drug-likeness (QED) is 0.794. The third-order valence-electron chi connectivity index (χ3n) is 1.81. The van der Waals surface area contributed by atoms with Crippen molar-refractivity contribution in [2.75, 3.05) is 25.1 Å². The molecule has 0 aromatic carbocycles. The highest BCUT2D eigenvalue weighted by atomic mass is 19.4. The Bertz CT molecular complexity index is 328. The van der Waals surface area contributed by atoms with Crippen LogP contribution in [0.2, 0.25) is 0 Å². The van der Waals surface area contributed by atoms with Gasteiger partial charge in [-0.05, 0) is 18.6 Å². The zero-order valence-electron chi connectivity index (χ0n) is 8.84. The molecule has 0 aliphatic heterocycles. The van der Waals surface area contributed by atoms with Gasteiger partial charge >= 0.3 is 6.18 Å². The molecule has 0 atom stereocenters. The predicted octanol–water partition coefficient (Wildman–Crippen LogP) is 2.38. The number of pyridine rings is 1. The van der Waals surface area contributed by atoms with Crippen LogP contribution in [-0.4, -0.2) is 30.9 Å². The first-order chi connectivity index (χ1) is 7.49. The zero-order valence-corrected chi connectivity index (χ0v) is 8.84. The van der Waals surface area contributed by atoms with E-state index in [1.54, 1.807) is 12.3 Å². The largest absolute Gasteiger partial charge is 0.411 e. The summed E-state index contributed by atoms with van der Waals surface area (Å²) < 4.78 is 39.6. The minimum atomic E-state index is -4.26. The lowest BCUT2D eigenvalue weighted by atomic mass is 10.3. The van der Waals surface area contributed by atoms with E-state index in [-0.39, 0.29) is 6.61 Å². The number of aromatic nitrogens is 1. The van der Waals surface area contributed by atoms with Crippen molar-refractivity contribution in [3.05, 3.63) is 23.9 Å². The maximum Gasteiger partial charge on any atom is 0.411 e. The van der Waals surface area contributed by atoms with Crippen molar-refractivity contribution in [1.82, 2.24) is 4.98 Å². The maximum atomic E-state index is 11.7. The SMILES string of the molecule is Cc1cccnc1NCCOCC(F)(F)F. The number of ether oxygens (including phenoxy) is 1. The summed E-state index contributed by atoms with van der Waals surface area (Å²) in [6.07, 6.45) is -2.65. The second kappa shape index (κ2) is 5.69. The van der Waals surface area contributed by atoms with Crippen LogP contribution < -0.4 is 5.32 Å². The second-order valence-corrected chi connectivity index (χ2v) is 3.26. The van der Waals surface area contributed by atoms with E-state index in [2.05, 4.69) is 15.0 Å². The molecule has 0 radical (unpaired) electrons. The van der Waals surface area contributed by atoms with Crippen LogP contribution >= 0.6 is 0 Å². The lowest BCUT2D eigenvalue weighted by Gasteiger charge is -2.09. The Morgan fingerprint density at radius 3 is 2.81 bits per heavy atom. The van der Waals surface area contributed by atoms with Gasteiger partial charge in [-0.25, -0.2) is 4.98 Å². The summed E-state index contributed by atoms with van der Waals surface area (Å²) in [6.45, 7) is 0.950. The zero-order chi connectivity index (χ0) is 12.0. The first-order valence-corrected chi connectivity index (χ1v) is 4.79. The molecule has 0 bridgehead atoms. The van der Waals surface area contributed by atoms with Crippen LogP contribution in [0.5, 0.6) is 0 Å². The van der Waals surface area contributed by atoms with Gasteiger partial charge in [-0.2, -0.15) is 13.2 Å². The van der Waals surface area contributed by atoms with Crippen LogP contribution in [0.4, 0.5) is 19.0 Å². The lowest BCUT2D eigenvalue weighted by Crippen LogP contribution is -2.20. The van der Waals surface area contributed by atoms with Crippen molar-refractivity contribution in [1.29, 1.82) is 0 Å². The molecule has 1 N–H and O–H groups in total. The van der Waals surface area contributed by atoms with Crippen LogP contribution in [0.15, 0.2) is 18.3 Å². The summed E-state index contributed by atoms with van der Waals surface area (Å²) in [7, 11) is 0. The van der Waals surface area contributed by atoms with E-state index in [4.69, 9.17) is 0 Å². The number of hydrogen-bond donors (Lipinski definition) is 1. The van der Waals surface area contributed by atoms with E-state index >= 15 is 0 Å². The minimum absolute atomic E-state index is 0.00444. The van der Waals surface area contributed by atoms with Crippen molar-refractivity contribution in [3.63, 3.8) is 0 Å². The number of alkyl halides is 3. The fourth-order valence-electron chi connectivity index (χ4n) is 1.10. The summed E-state index contributed by atoms with van der Waals surface area (Å²) in [5, 5.41) is 2.90. The molecule has 6 heteroatoms. The van der Waals surface area contributed by atoms with Gasteiger partial charge in [-0.3, -0.25) is 0 Å². The normalized spacial score (nSPS) is 11.5. The van der Waals surface area contributed by atoms with Gasteiger partial charge in [0.1, 0.15) is 12.4 Å². The standard InChI is InChI=1S/C10H13F3N2O/c1-8-3-2-4-14-9(8)15-5-6-16-7-10(11,12)13/h2-4H,5-7H2,1H3,(H,14,15). The van der Waals surface area contributed by atoms with Gasteiger partial charge in [0.05, 0.1) is 6.61 Å². The molecule has 0 fully saturated rings. The van der Waals surface area contributed by atoms with E-state index in [1.165, 1.54) is 0 Å². The van der Waals surface area contributed by atoms with E-state index in [9.17, 15) is 13.2 Å². The fraction of sp³-hybridized carbons (Fsp3) is 0.500. The number of aryl methyl sites for hydroxylation is 1. The van der Waals surface area contributed by atoms with Crippen LogP contribution in [-0.2, 0) is 4.74 Å². The van der Waals surface area contributed by atoms with E-state index in [1.807, 2.05) is 13.0 Å². The van der Waals surface area contributed by atoms with Gasteiger partial charge in [0.15, 0.2) is 0 Å². The molecule has 0 unspecified atom stereocenters. The van der Waals surface area contributed by atoms with Gasteiger partial charge in [-0.15, -0.1) is 0 Å². The molecular weight excluding hydrogens is 221 g/mol. The number of rotatable bonds is 5. The van der Waals surface area contributed by atoms with Crippen LogP contribution in [0.3, 0.4) is 0 Å². The van der Waals surface area contributed by atoms with E-state index in [0.717, 1.165) is 5.56 Å². The summed E-state index contributed by atoms with van der Waals surface area (Å²) in [6, 6.07) is 3.66. The number of nitrogens with zero attached hydrogens (tertiary/aromatic N) is 1. The first kappa shape index (κ1) is 12.8. The minimum Gasteiger partial charge on any atom is -0.370 e. The van der Waals surface area contributed by atoms with E-state index < -0.39 is 12.8 Å². The Kier molecular flexibility index (Phi) is 4.54. The first-order valence-electron chi connectivity index (χ1n) is 4.79. The topological polar surface area (TPSA) is 34.2 Å². The highest BCUT2D eigenvalue weighted by Crippen LogP contribution is 2.14. The Morgan fingerprint density at radius 2 is 2.19 bits per heavy atom. The van der Waals surface area contributed by atoms with Crippen molar-refractivity contribution >= 4 is 5.82 Å². The third kappa shape index (κ3) is 4.97. The number of anilines is 1. The van der Waals surface area contributed by atoms with Crippen molar-refractivity contribution in [2.45, 2.75) is 13.1 Å². The molecule has 1 heterocycles. The van der Waals surface area contributed by atoms with Gasteiger partial charge in [0.25, 0.3) is 0 Å². The second-order valence-electron chi connectivity index (χ2n) is 3.26. The average Bonchev–Trinajstić information content (AvgIpc) is 2.18. The molecule has 0 saturated carbocycles. The van der Waals surface area contributed by atoms with Gasteiger partial charge in [0.2, 0.25) is 0 Å². The van der Waals surface area contributed by atoms with Crippen LogP contribution in [0.1, 0.15) is 5.56 Å². The highest BCUT2D eigenvalue weighted by Gasteiger charge is 2.27. The Labute approximate surface area is 91.6 Å². The number of halogens is 3. The lowest BCUT2D eigenvalue weighted by molar-refractivity contribution is -0.172. The van der Waals surface area contributed by atoms with Crippen molar-refractivity contribution in [2.24, 2.45) is 0 Å². The summed E-state index contributed by atoms with van der Waals surface area (Å²) in [4.78, 5) is 4.04. The molecular formula is C10H13F3N2O. The molecule has 3 nitrogen and oxygen atoms in total. The van der Waals surface area contributed by atoms with E-state index in [0.29, 0.717) is 12.4 Å². The Hall–Kier alpha value is -1.30. The molecule has 90 valence electrons. The smallest absolute Gasteiger partial charge is 0.370 e. The summed E-state index contributed by atoms with van der Waals surface area (Å²) in [5.41, 5.74) is 0.943. The maximum absolute atomic E-state index is 11.7.